The minimum atomic E-state index is -5.83. The van der Waals surface area contributed by atoms with Gasteiger partial charge < -0.3 is 25.2 Å². The lowest BCUT2D eigenvalue weighted by atomic mass is 9.72. The predicted octanol–water partition coefficient (Wildman–Crippen LogP) is 11.2. The highest BCUT2D eigenvalue weighted by molar-refractivity contribution is 7.99. The molecular formula is C51H67F5N6O5S3. The van der Waals surface area contributed by atoms with Gasteiger partial charge in [-0.3, -0.25) is 14.4 Å². The van der Waals surface area contributed by atoms with Crippen LogP contribution in [0.1, 0.15) is 89.9 Å². The molecule has 0 spiro atoms. The number of likely N-dealkylation sites (tertiary alicyclic amines) is 1. The van der Waals surface area contributed by atoms with Crippen molar-refractivity contribution in [1.29, 1.82) is 0 Å². The molecule has 1 aliphatic carbocycles. The van der Waals surface area contributed by atoms with Gasteiger partial charge in [-0.05, 0) is 137 Å². The van der Waals surface area contributed by atoms with E-state index in [0.29, 0.717) is 50.2 Å². The van der Waals surface area contributed by atoms with Gasteiger partial charge in [-0.15, -0.1) is 11.8 Å². The van der Waals surface area contributed by atoms with Gasteiger partial charge in [0.05, 0.1) is 5.69 Å². The summed E-state index contributed by atoms with van der Waals surface area (Å²) in [6.07, 6.45) is 1.19. The minimum Gasteiger partial charge on any atom is -0.444 e. The lowest BCUT2D eigenvalue weighted by Gasteiger charge is -2.39. The Morgan fingerprint density at radius 3 is 2.27 bits per heavy atom. The fourth-order valence-electron chi connectivity index (χ4n) is 8.87. The number of ether oxygens (including phenoxy) is 1. The van der Waals surface area contributed by atoms with Crippen molar-refractivity contribution in [3.8, 4) is 0 Å². The van der Waals surface area contributed by atoms with E-state index in [9.17, 15) is 40.0 Å². The molecular weight excluding hydrogens is 968 g/mol. The highest BCUT2D eigenvalue weighted by atomic mass is 32.2. The lowest BCUT2D eigenvalue weighted by Crippen LogP contribution is -2.47. The number of piperazine rings is 1. The van der Waals surface area contributed by atoms with Gasteiger partial charge in [0.2, 0.25) is 6.43 Å². The van der Waals surface area contributed by atoms with Gasteiger partial charge in [0.1, 0.15) is 10.5 Å². The number of rotatable bonds is 20. The van der Waals surface area contributed by atoms with Crippen molar-refractivity contribution in [2.75, 3.05) is 68.3 Å². The summed E-state index contributed by atoms with van der Waals surface area (Å²) in [6.45, 7) is 19.6. The number of thioether (sulfide) groups is 1. The molecule has 19 heteroatoms. The Bertz CT molecular complexity index is 2410. The van der Waals surface area contributed by atoms with Crippen molar-refractivity contribution in [2.45, 2.75) is 124 Å². The number of benzene rings is 3. The van der Waals surface area contributed by atoms with Gasteiger partial charge in [-0.2, -0.15) is 13.2 Å². The maximum absolute atomic E-state index is 14.3. The third-order valence-corrected chi connectivity index (χ3v) is 16.2. The summed E-state index contributed by atoms with van der Waals surface area (Å²) in [6, 6.07) is 19.6. The third-order valence-electron chi connectivity index (χ3n) is 12.7. The Kier molecular flexibility index (Phi) is 18.8. The van der Waals surface area contributed by atoms with Crippen molar-refractivity contribution in [3.05, 3.63) is 102 Å². The Balaban J connectivity index is 1.07. The van der Waals surface area contributed by atoms with Crippen LogP contribution in [0.4, 0.5) is 38.1 Å². The predicted molar refractivity (Wildman–Crippen MR) is 271 cm³/mol. The topological polar surface area (TPSA) is 123 Å². The zero-order valence-corrected chi connectivity index (χ0v) is 43.1. The number of sulfone groups is 1. The second-order valence-corrected chi connectivity index (χ2v) is 24.0. The summed E-state index contributed by atoms with van der Waals surface area (Å²) in [5.74, 6) is -0.101. The van der Waals surface area contributed by atoms with Crippen LogP contribution in [0.25, 0.3) is 0 Å². The Labute approximate surface area is 418 Å². The van der Waals surface area contributed by atoms with E-state index in [1.807, 2.05) is 42.5 Å². The van der Waals surface area contributed by atoms with Gasteiger partial charge in [0.15, 0.2) is 0 Å². The van der Waals surface area contributed by atoms with Gasteiger partial charge in [-0.1, -0.05) is 49.8 Å². The molecule has 3 N–H and O–H groups in total. The van der Waals surface area contributed by atoms with E-state index >= 15 is 0 Å². The molecule has 0 bridgehead atoms. The van der Waals surface area contributed by atoms with Crippen LogP contribution >= 0.6 is 23.7 Å². The van der Waals surface area contributed by atoms with Crippen molar-refractivity contribution in [3.63, 3.8) is 0 Å². The van der Waals surface area contributed by atoms with Gasteiger partial charge in [0, 0.05) is 97.7 Å². The molecule has 3 aromatic carbocycles. The van der Waals surface area contributed by atoms with Crippen molar-refractivity contribution in [1.82, 2.24) is 19.8 Å². The van der Waals surface area contributed by atoms with E-state index in [0.717, 1.165) is 91.7 Å². The Morgan fingerprint density at radius 2 is 1.61 bits per heavy atom. The first-order valence-electron chi connectivity index (χ1n) is 23.8. The molecule has 2 fully saturated rings. The van der Waals surface area contributed by atoms with Gasteiger partial charge in [0.25, 0.3) is 15.7 Å². The number of nitrogens with zero attached hydrogens (tertiary/aromatic N) is 3. The number of hydrogen-bond acceptors (Lipinski definition) is 11. The Hall–Kier alpha value is -4.30. The van der Waals surface area contributed by atoms with Crippen molar-refractivity contribution in [2.24, 2.45) is 5.41 Å². The molecule has 6 rings (SSSR count). The number of anilines is 2. The summed E-state index contributed by atoms with van der Waals surface area (Å²) in [4.78, 5) is 32.6. The molecule has 2 aliphatic heterocycles. The first-order chi connectivity index (χ1) is 32.9. The summed E-state index contributed by atoms with van der Waals surface area (Å²) in [5, 5.41) is 6.03. The first-order valence-corrected chi connectivity index (χ1v) is 27.1. The molecule has 70 heavy (non-hydrogen) atoms. The quantitative estimate of drug-likeness (QED) is 0.0569. The van der Waals surface area contributed by atoms with E-state index < -0.39 is 50.3 Å². The molecule has 2 saturated heterocycles. The van der Waals surface area contributed by atoms with Crippen LogP contribution in [-0.2, 0) is 14.6 Å². The summed E-state index contributed by atoms with van der Waals surface area (Å²) in [7, 11) is -5.83. The van der Waals surface area contributed by atoms with E-state index in [4.69, 9.17) is 4.74 Å². The summed E-state index contributed by atoms with van der Waals surface area (Å²) >= 11 is 2.21. The maximum atomic E-state index is 14.3. The van der Waals surface area contributed by atoms with E-state index in [1.54, 1.807) is 32.9 Å². The molecule has 3 aromatic rings. The van der Waals surface area contributed by atoms with Crippen LogP contribution in [-0.4, -0.2) is 118 Å². The number of carbonyl (C=O) groups excluding carboxylic acids is 2. The molecule has 0 radical (unpaired) electrons. The second-order valence-electron chi connectivity index (χ2n) is 20.1. The standard InChI is InChI=1S/C51H67F5N6O5S3/c1-35(12-19-46(52)53)43-31-50(5,6)23-20-37(43)32-61-26-28-62(29-27-61)40-15-13-36(14-16-40)47(63)59-69-42-17-18-44(45(30-42)70(65,66)51(54,55)56)57-39(34-68-41-10-8-7-9-11-41)22-25-60-24-21-38(33-60)58-48(64)67-49(2,3)4/h7-11,13-18,30,38-39,46,57H,1,12,19-29,31-34H2,2-6H3,(H,58,64)(H,59,63). The second kappa shape index (κ2) is 23.9. The van der Waals surface area contributed by atoms with E-state index in [-0.39, 0.29) is 28.5 Å². The molecule has 11 nitrogen and oxygen atoms in total. The average Bonchev–Trinajstić information content (AvgIpc) is 3.75. The summed E-state index contributed by atoms with van der Waals surface area (Å²) < 4.78 is 103. The van der Waals surface area contributed by atoms with Gasteiger partial charge >= 0.3 is 11.6 Å². The van der Waals surface area contributed by atoms with Gasteiger partial charge in [-0.25, -0.2) is 22.0 Å². The monoisotopic (exact) mass is 1030 g/mol. The van der Waals surface area contributed by atoms with Crippen LogP contribution in [0.3, 0.4) is 0 Å². The number of allylic oxidation sites excluding steroid dienone is 2. The molecule has 2 heterocycles. The fourth-order valence-corrected chi connectivity index (χ4v) is 11.5. The third kappa shape index (κ3) is 16.1. The number of nitrogens with one attached hydrogen (secondary N) is 3. The smallest absolute Gasteiger partial charge is 0.444 e. The lowest BCUT2D eigenvalue weighted by molar-refractivity contribution is -0.0436. The molecule has 2 amide bonds. The van der Waals surface area contributed by atoms with Crippen LogP contribution in [0, 0.1) is 5.41 Å². The molecule has 2 unspecified atom stereocenters. The van der Waals surface area contributed by atoms with Crippen molar-refractivity contribution >= 4 is 56.9 Å². The summed E-state index contributed by atoms with van der Waals surface area (Å²) in [5.41, 5.74) is -1.83. The molecule has 0 saturated carbocycles. The maximum Gasteiger partial charge on any atom is 0.501 e. The normalized spacial score (nSPS) is 18.7. The zero-order chi connectivity index (χ0) is 50.9. The fraction of sp³-hybridized carbons (Fsp3) is 0.529. The number of alkyl halides is 5. The van der Waals surface area contributed by atoms with E-state index in [2.05, 4.69) is 50.5 Å². The Morgan fingerprint density at radius 1 is 0.914 bits per heavy atom. The number of hydrogen-bond donors (Lipinski definition) is 3. The zero-order valence-electron chi connectivity index (χ0n) is 40.7. The van der Waals surface area contributed by atoms with Crippen LogP contribution in [0.15, 0.2) is 111 Å². The number of alkyl carbamates (subject to hydrolysis) is 1. The number of halogens is 5. The molecule has 3 aliphatic rings. The molecule has 0 aromatic heterocycles. The minimum absolute atomic E-state index is 0.0873. The largest absolute Gasteiger partial charge is 0.501 e. The average molecular weight is 1040 g/mol. The molecule has 2 atom stereocenters. The van der Waals surface area contributed by atoms with Crippen molar-refractivity contribution < 1.29 is 44.7 Å². The highest BCUT2D eigenvalue weighted by Gasteiger charge is 2.48. The number of amides is 2. The first kappa shape index (κ1) is 55.0. The van der Waals surface area contributed by atoms with Crippen LogP contribution in [0.5, 0.6) is 0 Å². The number of carbonyl (C=O) groups is 2. The molecule has 384 valence electrons. The van der Waals surface area contributed by atoms with Crippen LogP contribution in [0.2, 0.25) is 0 Å². The highest BCUT2D eigenvalue weighted by Crippen LogP contribution is 2.43. The van der Waals surface area contributed by atoms with E-state index in [1.165, 1.54) is 29.5 Å². The van der Waals surface area contributed by atoms with Crippen LogP contribution < -0.4 is 20.3 Å². The SMILES string of the molecule is C=C(CCC(F)F)C1=C(CN2CCN(c3ccc(C(=O)NSc4ccc(NC(CCN5CCC(NC(=O)OC(C)(C)C)C5)CSc5ccccc5)c(S(=O)(=O)C(F)(F)F)c4)cc3)CC2)CCC(C)(C)C1.